The van der Waals surface area contributed by atoms with Crippen LogP contribution in [0.5, 0.6) is 5.75 Å². The van der Waals surface area contributed by atoms with Crippen LogP contribution in [0.2, 0.25) is 5.02 Å². The zero-order valence-electron chi connectivity index (χ0n) is 24.0. The van der Waals surface area contributed by atoms with E-state index in [4.69, 9.17) is 16.3 Å². The number of hydrogen-bond acceptors (Lipinski definition) is 7. The molecule has 0 radical (unpaired) electrons. The molecule has 5 rings (SSSR count). The fourth-order valence-electron chi connectivity index (χ4n) is 5.03. The van der Waals surface area contributed by atoms with E-state index in [-0.39, 0.29) is 27.4 Å². The quantitative estimate of drug-likeness (QED) is 0.169. The summed E-state index contributed by atoms with van der Waals surface area (Å²) in [6, 6.07) is 24.0. The lowest BCUT2D eigenvalue weighted by atomic mass is 10.1. The first-order chi connectivity index (χ1) is 21.1. The first-order valence-corrected chi connectivity index (χ1v) is 16.8. The molecule has 3 N–H and O–H groups in total. The van der Waals surface area contributed by atoms with E-state index in [1.165, 1.54) is 0 Å². The van der Waals surface area contributed by atoms with Gasteiger partial charge in [-0.15, -0.1) is 11.3 Å². The van der Waals surface area contributed by atoms with E-state index in [9.17, 15) is 23.1 Å². The van der Waals surface area contributed by atoms with Gasteiger partial charge in [0.1, 0.15) is 5.02 Å². The third-order valence-electron chi connectivity index (χ3n) is 7.30. The molecule has 1 fully saturated rings. The fraction of sp³-hybridized carbons (Fsp3) is 0.250. The highest BCUT2D eigenvalue weighted by Crippen LogP contribution is 2.46. The summed E-state index contributed by atoms with van der Waals surface area (Å²) in [4.78, 5) is 25.0. The molecule has 0 bridgehead atoms. The van der Waals surface area contributed by atoms with Crippen molar-refractivity contribution in [2.45, 2.75) is 31.6 Å². The van der Waals surface area contributed by atoms with Crippen molar-refractivity contribution >= 4 is 56.2 Å². The number of para-hydroxylation sites is 1. The minimum absolute atomic E-state index is 0.0169. The molecule has 0 spiro atoms. The minimum Gasteiger partial charge on any atom is -0.480 e. The second-order valence-electron chi connectivity index (χ2n) is 10.5. The van der Waals surface area contributed by atoms with E-state index >= 15 is 0 Å². The molecule has 0 aliphatic carbocycles. The van der Waals surface area contributed by atoms with Crippen LogP contribution in [0.25, 0.3) is 10.4 Å². The number of ether oxygens (including phenoxy) is 1. The van der Waals surface area contributed by atoms with Gasteiger partial charge in [-0.2, -0.15) is 0 Å². The molecular formula is C32H32ClN3O6S2. The standard InChI is InChI=1S/C32H32ClN3O6S2/c1-21-8-5-6-13-26(21)35-27(37)19-42-29-28(33)30(43-31(29)32(38)39)23-11-7-12-25(18-23)34-24-14-16-36(17-15-24)44(40,41)20-22-9-3-2-4-10-22/h2-13,18,24,34H,14-17,19-20H2,1H3,(H,35,37)(H,38,39). The third kappa shape index (κ3) is 7.59. The maximum atomic E-state index is 12.9. The van der Waals surface area contributed by atoms with E-state index < -0.39 is 28.5 Å². The average Bonchev–Trinajstić information content (AvgIpc) is 3.34. The Balaban J connectivity index is 1.23. The lowest BCUT2D eigenvalue weighted by Crippen LogP contribution is -2.42. The minimum atomic E-state index is -3.41. The summed E-state index contributed by atoms with van der Waals surface area (Å²) in [6.07, 6.45) is 1.29. The van der Waals surface area contributed by atoms with Crippen molar-refractivity contribution in [2.75, 3.05) is 30.3 Å². The van der Waals surface area contributed by atoms with Gasteiger partial charge in [0.15, 0.2) is 17.2 Å². The number of piperidine rings is 1. The van der Waals surface area contributed by atoms with Crippen molar-refractivity contribution in [3.8, 4) is 16.2 Å². The topological polar surface area (TPSA) is 125 Å². The lowest BCUT2D eigenvalue weighted by molar-refractivity contribution is -0.118. The number of nitrogens with zero attached hydrogens (tertiary/aromatic N) is 1. The van der Waals surface area contributed by atoms with Gasteiger partial charge in [-0.1, -0.05) is 72.3 Å². The van der Waals surface area contributed by atoms with Gasteiger partial charge >= 0.3 is 5.97 Å². The molecule has 1 aromatic heterocycles. The van der Waals surface area contributed by atoms with Gasteiger partial charge in [-0.05, 0) is 54.7 Å². The Morgan fingerprint density at radius 2 is 1.73 bits per heavy atom. The molecule has 44 heavy (non-hydrogen) atoms. The Hall–Kier alpha value is -3.90. The number of nitrogens with one attached hydrogen (secondary N) is 2. The SMILES string of the molecule is Cc1ccccc1NC(=O)COc1c(C(=O)O)sc(-c2cccc(NC3CCN(S(=O)(=O)Cc4ccccc4)CC3)c2)c1Cl. The van der Waals surface area contributed by atoms with Gasteiger partial charge in [0, 0.05) is 30.5 Å². The number of sulfonamides is 1. The van der Waals surface area contributed by atoms with Crippen LogP contribution < -0.4 is 15.4 Å². The van der Waals surface area contributed by atoms with Crippen molar-refractivity contribution in [1.29, 1.82) is 0 Å². The third-order valence-corrected chi connectivity index (χ3v) is 10.8. The summed E-state index contributed by atoms with van der Waals surface area (Å²) in [5, 5.41) is 16.2. The highest BCUT2D eigenvalue weighted by atomic mass is 35.5. The van der Waals surface area contributed by atoms with E-state index in [1.807, 2.05) is 73.7 Å². The van der Waals surface area contributed by atoms with Crippen LogP contribution in [0.4, 0.5) is 11.4 Å². The number of hydrogen-bond donors (Lipinski definition) is 3. The predicted octanol–water partition coefficient (Wildman–Crippen LogP) is 6.50. The zero-order valence-corrected chi connectivity index (χ0v) is 26.3. The van der Waals surface area contributed by atoms with Gasteiger partial charge < -0.3 is 20.5 Å². The highest BCUT2D eigenvalue weighted by molar-refractivity contribution is 7.88. The number of carbonyl (C=O) groups is 2. The van der Waals surface area contributed by atoms with Crippen molar-refractivity contribution in [3.63, 3.8) is 0 Å². The van der Waals surface area contributed by atoms with E-state index in [0.717, 1.165) is 28.2 Å². The Kier molecular flexibility index (Phi) is 9.90. The Morgan fingerprint density at radius 1 is 1.02 bits per heavy atom. The molecule has 12 heteroatoms. The van der Waals surface area contributed by atoms with Crippen molar-refractivity contribution in [3.05, 3.63) is 99.9 Å². The molecule has 4 aromatic rings. The summed E-state index contributed by atoms with van der Waals surface area (Å²) in [6.45, 7) is 2.29. The fourth-order valence-corrected chi connectivity index (χ4v) is 7.99. The number of amides is 1. The molecule has 0 saturated carbocycles. The first-order valence-electron chi connectivity index (χ1n) is 14.0. The maximum absolute atomic E-state index is 12.9. The van der Waals surface area contributed by atoms with Crippen molar-refractivity contribution in [1.82, 2.24) is 4.31 Å². The van der Waals surface area contributed by atoms with Crippen molar-refractivity contribution in [2.24, 2.45) is 0 Å². The van der Waals surface area contributed by atoms with Crippen molar-refractivity contribution < 1.29 is 27.9 Å². The van der Waals surface area contributed by atoms with Crippen LogP contribution in [0.15, 0.2) is 78.9 Å². The molecule has 0 atom stereocenters. The molecular weight excluding hydrogens is 622 g/mol. The monoisotopic (exact) mass is 653 g/mol. The second-order valence-corrected chi connectivity index (χ2v) is 13.9. The van der Waals surface area contributed by atoms with Crippen LogP contribution >= 0.6 is 22.9 Å². The smallest absolute Gasteiger partial charge is 0.349 e. The summed E-state index contributed by atoms with van der Waals surface area (Å²) in [7, 11) is -3.41. The predicted molar refractivity (Wildman–Crippen MR) is 174 cm³/mol. The van der Waals surface area contributed by atoms with Crippen LogP contribution in [-0.2, 0) is 20.6 Å². The number of benzene rings is 3. The number of carboxylic acids is 1. The van der Waals surface area contributed by atoms with Gasteiger partial charge in [0.05, 0.1) is 10.6 Å². The van der Waals surface area contributed by atoms with E-state index in [1.54, 1.807) is 16.4 Å². The van der Waals surface area contributed by atoms with Crippen LogP contribution in [0.1, 0.15) is 33.6 Å². The summed E-state index contributed by atoms with van der Waals surface area (Å²) < 4.78 is 33.1. The van der Waals surface area contributed by atoms with E-state index in [2.05, 4.69) is 10.6 Å². The number of aromatic carboxylic acids is 1. The molecule has 1 saturated heterocycles. The van der Waals surface area contributed by atoms with Gasteiger partial charge in [-0.3, -0.25) is 4.79 Å². The van der Waals surface area contributed by atoms with Gasteiger partial charge in [-0.25, -0.2) is 17.5 Å². The second kappa shape index (κ2) is 13.8. The van der Waals surface area contributed by atoms with Crippen LogP contribution in [0, 0.1) is 6.92 Å². The Morgan fingerprint density at radius 3 is 2.43 bits per heavy atom. The summed E-state index contributed by atoms with van der Waals surface area (Å²) in [5.41, 5.74) is 3.78. The number of carbonyl (C=O) groups excluding carboxylic acids is 1. The molecule has 2 heterocycles. The largest absolute Gasteiger partial charge is 0.480 e. The molecule has 230 valence electrons. The molecule has 1 aliphatic rings. The lowest BCUT2D eigenvalue weighted by Gasteiger charge is -2.32. The number of thiophene rings is 1. The van der Waals surface area contributed by atoms with Crippen LogP contribution in [0.3, 0.4) is 0 Å². The summed E-state index contributed by atoms with van der Waals surface area (Å²) in [5.74, 6) is -1.72. The van der Waals surface area contributed by atoms with Crippen LogP contribution in [-0.4, -0.2) is 55.4 Å². The number of rotatable bonds is 11. The van der Waals surface area contributed by atoms with Gasteiger partial charge in [0.25, 0.3) is 5.91 Å². The van der Waals surface area contributed by atoms with Gasteiger partial charge in [0.2, 0.25) is 10.0 Å². The average molecular weight is 654 g/mol. The number of aryl methyl sites for hydroxylation is 1. The molecule has 1 amide bonds. The maximum Gasteiger partial charge on any atom is 0.349 e. The molecule has 3 aromatic carbocycles. The first kappa shape index (κ1) is 31.5. The number of anilines is 2. The number of carboxylic acid groups (broad SMARTS) is 1. The Bertz CT molecular complexity index is 1750. The number of halogens is 1. The zero-order chi connectivity index (χ0) is 31.3. The highest BCUT2D eigenvalue weighted by Gasteiger charge is 2.29. The van der Waals surface area contributed by atoms with E-state index in [0.29, 0.717) is 42.1 Å². The normalized spacial score (nSPS) is 14.2. The molecule has 0 unspecified atom stereocenters. The Labute approximate surface area is 265 Å². The summed E-state index contributed by atoms with van der Waals surface area (Å²) >= 11 is 7.62. The molecule has 1 aliphatic heterocycles. The molecule has 9 nitrogen and oxygen atoms in total.